The molecule has 0 atom stereocenters. The first kappa shape index (κ1) is 18.5. The molecule has 0 amide bonds. The lowest BCUT2D eigenvalue weighted by Gasteiger charge is -2.14. The van der Waals surface area contributed by atoms with E-state index in [0.29, 0.717) is 6.61 Å². The minimum Gasteiger partial charge on any atom is -0.508 e. The van der Waals surface area contributed by atoms with Gasteiger partial charge in [-0.15, -0.1) is 0 Å². The number of ether oxygens (including phenoxy) is 1. The molecule has 0 unspecified atom stereocenters. The van der Waals surface area contributed by atoms with Crippen LogP contribution in [-0.2, 0) is 9.53 Å². The first-order valence-corrected chi connectivity index (χ1v) is 8.84. The quantitative estimate of drug-likeness (QED) is 0.729. The van der Waals surface area contributed by atoms with Crippen molar-refractivity contribution < 1.29 is 19.7 Å². The smallest absolute Gasteiger partial charge is 0.310 e. The van der Waals surface area contributed by atoms with Crippen LogP contribution in [0, 0.1) is 0 Å². The molecular formula is C23H22O4. The average Bonchev–Trinajstić information content (AvgIpc) is 3.33. The summed E-state index contributed by atoms with van der Waals surface area (Å²) >= 11 is 0. The van der Waals surface area contributed by atoms with Crippen molar-refractivity contribution in [1.82, 2.24) is 0 Å². The molecule has 2 N–H and O–H groups in total. The number of esters is 1. The Kier molecular flexibility index (Phi) is 5.46. The number of benzene rings is 2. The van der Waals surface area contributed by atoms with Gasteiger partial charge in [0, 0.05) is 0 Å². The molecule has 0 saturated heterocycles. The van der Waals surface area contributed by atoms with Gasteiger partial charge < -0.3 is 14.9 Å². The van der Waals surface area contributed by atoms with Crippen LogP contribution in [0.4, 0.5) is 0 Å². The summed E-state index contributed by atoms with van der Waals surface area (Å²) < 4.78 is 5.16. The van der Waals surface area contributed by atoms with Gasteiger partial charge in [-0.2, -0.15) is 0 Å². The number of hydrogen-bond acceptors (Lipinski definition) is 4. The maximum atomic E-state index is 12.2. The Labute approximate surface area is 158 Å². The van der Waals surface area contributed by atoms with E-state index in [2.05, 4.69) is 6.58 Å². The molecule has 1 fully saturated rings. The van der Waals surface area contributed by atoms with Crippen LogP contribution in [0.1, 0.15) is 30.9 Å². The van der Waals surface area contributed by atoms with Gasteiger partial charge in [-0.25, -0.2) is 0 Å². The van der Waals surface area contributed by atoms with Crippen LogP contribution in [0.15, 0.2) is 77.9 Å². The van der Waals surface area contributed by atoms with Crippen LogP contribution in [0.5, 0.6) is 11.5 Å². The van der Waals surface area contributed by atoms with E-state index < -0.39 is 0 Å². The summed E-state index contributed by atoms with van der Waals surface area (Å²) in [4.78, 5) is 12.2. The van der Waals surface area contributed by atoms with E-state index in [1.165, 1.54) is 0 Å². The van der Waals surface area contributed by atoms with E-state index in [4.69, 9.17) is 4.74 Å². The Hall–Kier alpha value is -3.27. The molecule has 0 aliphatic heterocycles. The van der Waals surface area contributed by atoms with Crippen molar-refractivity contribution in [2.75, 3.05) is 6.61 Å². The van der Waals surface area contributed by atoms with Crippen molar-refractivity contribution in [3.05, 3.63) is 89.0 Å². The highest BCUT2D eigenvalue weighted by Crippen LogP contribution is 2.39. The molecule has 2 aromatic carbocycles. The highest BCUT2D eigenvalue weighted by atomic mass is 16.5. The topological polar surface area (TPSA) is 66.8 Å². The predicted octanol–water partition coefficient (Wildman–Crippen LogP) is 4.74. The van der Waals surface area contributed by atoms with Crippen LogP contribution in [0.25, 0.3) is 5.57 Å². The van der Waals surface area contributed by atoms with E-state index in [0.717, 1.165) is 39.8 Å². The van der Waals surface area contributed by atoms with Crippen molar-refractivity contribution >= 4 is 11.5 Å². The largest absolute Gasteiger partial charge is 0.508 e. The standard InChI is InChI=1S/C23H22O4/c1-3-27-22(26)14-19(13-18-12-15(18)2)23(16-4-8-20(24)9-5-16)17-6-10-21(25)11-7-17/h4-11,13,24-25H,2-3,12,14H2,1H3/b18-13-. The fraction of sp³-hybridized carbons (Fsp3) is 0.174. The fourth-order valence-corrected chi connectivity index (χ4v) is 2.92. The number of allylic oxidation sites excluding steroid dienone is 3. The number of rotatable bonds is 6. The SMILES string of the molecule is C=C1C/C1=C/C(CC(=O)OCC)=C(c1ccc(O)cc1)c1ccc(O)cc1. The van der Waals surface area contributed by atoms with Gasteiger partial charge >= 0.3 is 5.97 Å². The van der Waals surface area contributed by atoms with Gasteiger partial charge in [0.05, 0.1) is 13.0 Å². The predicted molar refractivity (Wildman–Crippen MR) is 105 cm³/mol. The number of aromatic hydroxyl groups is 2. The number of carbonyl (C=O) groups excluding carboxylic acids is 1. The summed E-state index contributed by atoms with van der Waals surface area (Å²) in [6.07, 6.45) is 2.96. The third kappa shape index (κ3) is 4.67. The maximum Gasteiger partial charge on any atom is 0.310 e. The number of carbonyl (C=O) groups is 1. The van der Waals surface area contributed by atoms with E-state index in [1.54, 1.807) is 31.2 Å². The van der Waals surface area contributed by atoms with Crippen molar-refractivity contribution in [3.8, 4) is 11.5 Å². The fourth-order valence-electron chi connectivity index (χ4n) is 2.92. The van der Waals surface area contributed by atoms with Crippen molar-refractivity contribution in [2.45, 2.75) is 19.8 Å². The molecule has 1 saturated carbocycles. The summed E-state index contributed by atoms with van der Waals surface area (Å²) in [5.74, 6) is 0.0417. The summed E-state index contributed by atoms with van der Waals surface area (Å²) in [6, 6.07) is 13.7. The Bertz CT molecular complexity index is 868. The molecule has 27 heavy (non-hydrogen) atoms. The van der Waals surface area contributed by atoms with Gasteiger partial charge in [0.15, 0.2) is 0 Å². The first-order chi connectivity index (χ1) is 13.0. The molecule has 138 valence electrons. The lowest BCUT2D eigenvalue weighted by Crippen LogP contribution is -2.06. The van der Waals surface area contributed by atoms with Gasteiger partial charge in [-0.05, 0) is 71.0 Å². The molecule has 0 spiro atoms. The minimum atomic E-state index is -0.300. The Morgan fingerprint density at radius 2 is 1.52 bits per heavy atom. The van der Waals surface area contributed by atoms with Crippen LogP contribution in [0.3, 0.4) is 0 Å². The highest BCUT2D eigenvalue weighted by molar-refractivity contribution is 5.88. The molecule has 3 rings (SSSR count). The molecular weight excluding hydrogens is 340 g/mol. The molecule has 0 bridgehead atoms. The molecule has 0 aromatic heterocycles. The molecule has 1 aliphatic carbocycles. The van der Waals surface area contributed by atoms with E-state index in [-0.39, 0.29) is 23.9 Å². The van der Waals surface area contributed by atoms with Gasteiger partial charge in [0.1, 0.15) is 11.5 Å². The van der Waals surface area contributed by atoms with Crippen LogP contribution in [-0.4, -0.2) is 22.8 Å². The minimum absolute atomic E-state index is 0.127. The van der Waals surface area contributed by atoms with Crippen molar-refractivity contribution in [2.24, 2.45) is 0 Å². The van der Waals surface area contributed by atoms with Crippen LogP contribution in [0.2, 0.25) is 0 Å². The Balaban J connectivity index is 2.17. The number of phenolic OH excluding ortho intramolecular Hbond substituents is 2. The third-order valence-electron chi connectivity index (χ3n) is 4.35. The average molecular weight is 362 g/mol. The molecule has 4 nitrogen and oxygen atoms in total. The second-order valence-corrected chi connectivity index (χ2v) is 6.43. The van der Waals surface area contributed by atoms with Gasteiger partial charge in [0.25, 0.3) is 0 Å². The summed E-state index contributed by atoms with van der Waals surface area (Å²) in [5, 5.41) is 19.3. The monoisotopic (exact) mass is 362 g/mol. The second-order valence-electron chi connectivity index (χ2n) is 6.43. The molecule has 0 heterocycles. The van der Waals surface area contributed by atoms with Gasteiger partial charge in [-0.3, -0.25) is 4.79 Å². The molecule has 2 aromatic rings. The zero-order chi connectivity index (χ0) is 19.4. The lowest BCUT2D eigenvalue weighted by atomic mass is 9.91. The zero-order valence-electron chi connectivity index (χ0n) is 15.2. The molecule has 4 heteroatoms. The number of phenols is 2. The summed E-state index contributed by atoms with van der Waals surface area (Å²) in [7, 11) is 0. The summed E-state index contributed by atoms with van der Waals surface area (Å²) in [6.45, 7) is 6.08. The van der Waals surface area contributed by atoms with E-state index in [1.807, 2.05) is 30.3 Å². The Morgan fingerprint density at radius 1 is 1.04 bits per heavy atom. The van der Waals surface area contributed by atoms with E-state index in [9.17, 15) is 15.0 Å². The maximum absolute atomic E-state index is 12.2. The van der Waals surface area contributed by atoms with Crippen LogP contribution >= 0.6 is 0 Å². The molecule has 0 radical (unpaired) electrons. The van der Waals surface area contributed by atoms with Crippen LogP contribution < -0.4 is 0 Å². The highest BCUT2D eigenvalue weighted by Gasteiger charge is 2.21. The summed E-state index contributed by atoms with van der Waals surface area (Å²) in [5.41, 5.74) is 5.58. The third-order valence-corrected chi connectivity index (χ3v) is 4.35. The normalized spacial score (nSPS) is 14.1. The molecule has 1 aliphatic rings. The van der Waals surface area contributed by atoms with Crippen molar-refractivity contribution in [3.63, 3.8) is 0 Å². The van der Waals surface area contributed by atoms with Gasteiger partial charge in [0.2, 0.25) is 0 Å². The van der Waals surface area contributed by atoms with E-state index >= 15 is 0 Å². The zero-order valence-corrected chi connectivity index (χ0v) is 15.2. The lowest BCUT2D eigenvalue weighted by molar-refractivity contribution is -0.142. The second kappa shape index (κ2) is 7.96. The Morgan fingerprint density at radius 3 is 1.93 bits per heavy atom. The van der Waals surface area contributed by atoms with Crippen molar-refractivity contribution in [1.29, 1.82) is 0 Å². The van der Waals surface area contributed by atoms with Gasteiger partial charge in [-0.1, -0.05) is 36.9 Å². The number of hydrogen-bond donors (Lipinski definition) is 2. The first-order valence-electron chi connectivity index (χ1n) is 8.84.